The molecule has 5 rings (SSSR count). The van der Waals surface area contributed by atoms with Gasteiger partial charge in [0, 0.05) is 42.3 Å². The highest BCUT2D eigenvalue weighted by molar-refractivity contribution is 5.82. The van der Waals surface area contributed by atoms with E-state index >= 15 is 0 Å². The molecule has 4 nitrogen and oxygen atoms in total. The molecular formula is C22H27N2O2+. The molecule has 26 heavy (non-hydrogen) atoms. The van der Waals surface area contributed by atoms with Gasteiger partial charge in [0.15, 0.2) is 6.10 Å². The number of para-hydroxylation sites is 1. The number of benzene rings is 1. The largest absolute Gasteiger partial charge is 0.451 e. The van der Waals surface area contributed by atoms with Crippen molar-refractivity contribution in [2.24, 2.45) is 11.8 Å². The van der Waals surface area contributed by atoms with Crippen LogP contribution in [0.2, 0.25) is 0 Å². The summed E-state index contributed by atoms with van der Waals surface area (Å²) in [5, 5.41) is 1.09. The number of esters is 1. The predicted molar refractivity (Wildman–Crippen MR) is 102 cm³/mol. The molecule has 3 aliphatic rings. The number of piperidine rings is 3. The Balaban J connectivity index is 1.73. The molecule has 0 saturated carbocycles. The molecule has 5 atom stereocenters. The Kier molecular flexibility index (Phi) is 4.77. The zero-order chi connectivity index (χ0) is 18.1. The second-order valence-corrected chi connectivity index (χ2v) is 7.58. The second kappa shape index (κ2) is 7.20. The van der Waals surface area contributed by atoms with Gasteiger partial charge in [0.05, 0.1) is 18.6 Å². The van der Waals surface area contributed by atoms with Crippen LogP contribution in [0.25, 0.3) is 10.9 Å². The lowest BCUT2D eigenvalue weighted by Gasteiger charge is -2.48. The molecule has 3 fully saturated rings. The first-order valence-electron chi connectivity index (χ1n) is 9.71. The fourth-order valence-corrected chi connectivity index (χ4v) is 4.85. The van der Waals surface area contributed by atoms with E-state index in [-0.39, 0.29) is 12.1 Å². The van der Waals surface area contributed by atoms with E-state index in [1.165, 1.54) is 6.42 Å². The molecule has 1 aromatic heterocycles. The maximum atomic E-state index is 12.2. The van der Waals surface area contributed by atoms with E-state index in [1.54, 1.807) is 4.90 Å². The highest BCUT2D eigenvalue weighted by Crippen LogP contribution is 2.36. The molecule has 0 aliphatic carbocycles. The minimum Gasteiger partial charge on any atom is -0.451 e. The number of hydrogen-bond acceptors (Lipinski definition) is 3. The molecule has 0 amide bonds. The van der Waals surface area contributed by atoms with E-state index in [4.69, 9.17) is 4.74 Å². The van der Waals surface area contributed by atoms with Gasteiger partial charge in [-0.25, -0.2) is 0 Å². The molecule has 3 aliphatic heterocycles. The van der Waals surface area contributed by atoms with Crippen LogP contribution >= 0.6 is 0 Å². The van der Waals surface area contributed by atoms with Gasteiger partial charge in [0.25, 0.3) is 0 Å². The van der Waals surface area contributed by atoms with Crippen molar-refractivity contribution in [3.05, 3.63) is 54.7 Å². The molecule has 136 valence electrons. The zero-order valence-electron chi connectivity index (χ0n) is 15.4. The summed E-state index contributed by atoms with van der Waals surface area (Å²) in [4.78, 5) is 18.3. The molecule has 4 heteroatoms. The van der Waals surface area contributed by atoms with Gasteiger partial charge >= 0.3 is 5.97 Å². The summed E-state index contributed by atoms with van der Waals surface area (Å²) in [5.41, 5.74) is 2.05. The Morgan fingerprint density at radius 3 is 3.00 bits per heavy atom. The van der Waals surface area contributed by atoms with Crippen molar-refractivity contribution in [2.45, 2.75) is 38.3 Å². The molecular weight excluding hydrogens is 324 g/mol. The zero-order valence-corrected chi connectivity index (χ0v) is 15.4. The van der Waals surface area contributed by atoms with Crippen LogP contribution in [0, 0.1) is 11.8 Å². The van der Waals surface area contributed by atoms with Gasteiger partial charge in [-0.1, -0.05) is 31.2 Å². The third-order valence-electron chi connectivity index (χ3n) is 6.23. The van der Waals surface area contributed by atoms with Crippen molar-refractivity contribution in [3.63, 3.8) is 0 Å². The number of ether oxygens (including phenoxy) is 1. The van der Waals surface area contributed by atoms with Crippen LogP contribution in [0.3, 0.4) is 0 Å². The SMILES string of the molecule is C=C[C@H]1C[NH+]2CC[C@@H]1C[C@@H]2[C@@H](OC(=O)CC)c1ccnc2ccccc12. The molecule has 2 bridgehead atoms. The summed E-state index contributed by atoms with van der Waals surface area (Å²) >= 11 is 0. The molecule has 0 radical (unpaired) electrons. The van der Waals surface area contributed by atoms with Gasteiger partial charge in [0.2, 0.25) is 0 Å². The van der Waals surface area contributed by atoms with Crippen molar-refractivity contribution in [1.82, 2.24) is 4.98 Å². The summed E-state index contributed by atoms with van der Waals surface area (Å²) in [6.07, 6.45) is 6.48. The minimum absolute atomic E-state index is 0.127. The van der Waals surface area contributed by atoms with Crippen molar-refractivity contribution in [2.75, 3.05) is 13.1 Å². The van der Waals surface area contributed by atoms with Crippen molar-refractivity contribution in [1.29, 1.82) is 0 Å². The van der Waals surface area contributed by atoms with Crippen LogP contribution in [0.5, 0.6) is 0 Å². The normalized spacial score (nSPS) is 28.7. The molecule has 1 unspecified atom stereocenters. The van der Waals surface area contributed by atoms with Crippen molar-refractivity contribution in [3.8, 4) is 0 Å². The molecule has 4 heterocycles. The van der Waals surface area contributed by atoms with Crippen LogP contribution in [-0.2, 0) is 9.53 Å². The van der Waals surface area contributed by atoms with Crippen molar-refractivity contribution < 1.29 is 14.4 Å². The molecule has 2 aromatic rings. The predicted octanol–water partition coefficient (Wildman–Crippen LogP) is 2.71. The van der Waals surface area contributed by atoms with E-state index in [2.05, 4.69) is 23.7 Å². The van der Waals surface area contributed by atoms with Gasteiger partial charge in [0.1, 0.15) is 6.04 Å². The maximum Gasteiger partial charge on any atom is 0.306 e. The number of carbonyl (C=O) groups excluding carboxylic acids is 1. The first-order valence-corrected chi connectivity index (χ1v) is 9.71. The lowest BCUT2D eigenvalue weighted by atomic mass is 9.73. The number of fused-ring (bicyclic) bond motifs is 4. The smallest absolute Gasteiger partial charge is 0.306 e. The van der Waals surface area contributed by atoms with Crippen LogP contribution in [-0.4, -0.2) is 30.1 Å². The van der Waals surface area contributed by atoms with E-state index in [0.29, 0.717) is 24.3 Å². The molecule has 1 aromatic carbocycles. The van der Waals surface area contributed by atoms with Crippen LogP contribution < -0.4 is 4.90 Å². The summed E-state index contributed by atoms with van der Waals surface area (Å²) in [6, 6.07) is 10.5. The summed E-state index contributed by atoms with van der Waals surface area (Å²) in [5.74, 6) is 1.12. The number of nitrogens with one attached hydrogen (secondary N) is 1. The average molecular weight is 351 g/mol. The van der Waals surface area contributed by atoms with Gasteiger partial charge in [-0.3, -0.25) is 9.78 Å². The van der Waals surface area contributed by atoms with E-state index < -0.39 is 0 Å². The Morgan fingerprint density at radius 2 is 2.27 bits per heavy atom. The summed E-state index contributed by atoms with van der Waals surface area (Å²) in [7, 11) is 0. The average Bonchev–Trinajstić information content (AvgIpc) is 2.71. The molecule has 0 spiro atoms. The monoisotopic (exact) mass is 351 g/mol. The number of nitrogens with zero attached hydrogens (tertiary/aromatic N) is 1. The third-order valence-corrected chi connectivity index (χ3v) is 6.23. The van der Waals surface area contributed by atoms with Crippen LogP contribution in [0.1, 0.15) is 37.9 Å². The number of hydrogen-bond donors (Lipinski definition) is 1. The molecule has 1 N–H and O–H groups in total. The first-order chi connectivity index (χ1) is 12.7. The van der Waals surface area contributed by atoms with Gasteiger partial charge in [-0.2, -0.15) is 0 Å². The Morgan fingerprint density at radius 1 is 1.42 bits per heavy atom. The fourth-order valence-electron chi connectivity index (χ4n) is 4.85. The number of quaternary nitrogens is 1. The van der Waals surface area contributed by atoms with E-state index in [9.17, 15) is 4.79 Å². The van der Waals surface area contributed by atoms with Gasteiger partial charge in [-0.15, -0.1) is 6.58 Å². The number of carbonyl (C=O) groups is 1. The third kappa shape index (κ3) is 3.03. The Labute approximate surface area is 154 Å². The lowest BCUT2D eigenvalue weighted by Crippen LogP contribution is -3.20. The number of pyridine rings is 1. The second-order valence-electron chi connectivity index (χ2n) is 7.58. The first kappa shape index (κ1) is 17.2. The Bertz CT molecular complexity index is 813. The fraction of sp³-hybridized carbons (Fsp3) is 0.455. The maximum absolute atomic E-state index is 12.2. The van der Waals surface area contributed by atoms with Crippen LogP contribution in [0.15, 0.2) is 49.2 Å². The van der Waals surface area contributed by atoms with Crippen LogP contribution in [0.4, 0.5) is 0 Å². The quantitative estimate of drug-likeness (QED) is 0.665. The van der Waals surface area contributed by atoms with E-state index in [0.717, 1.165) is 36.0 Å². The summed E-state index contributed by atoms with van der Waals surface area (Å²) in [6.45, 7) is 8.14. The number of aromatic nitrogens is 1. The Hall–Kier alpha value is -2.20. The van der Waals surface area contributed by atoms with E-state index in [1.807, 2.05) is 37.4 Å². The van der Waals surface area contributed by atoms with Gasteiger partial charge < -0.3 is 9.64 Å². The molecule has 3 saturated heterocycles. The topological polar surface area (TPSA) is 43.6 Å². The highest BCUT2D eigenvalue weighted by atomic mass is 16.5. The summed E-state index contributed by atoms with van der Waals surface area (Å²) < 4.78 is 6.04. The number of rotatable bonds is 5. The van der Waals surface area contributed by atoms with Crippen molar-refractivity contribution >= 4 is 16.9 Å². The van der Waals surface area contributed by atoms with Gasteiger partial charge in [-0.05, 0) is 18.1 Å². The standard InChI is InChI=1S/C22H26N2O2/c1-3-15-14-24-12-10-16(15)13-20(24)22(26-21(25)4-2)18-9-11-23-19-8-6-5-7-17(18)19/h3,5-9,11,15-16,20,22H,1,4,10,12-14H2,2H3/p+1/t15-,16+,20+,22-/m0/s1. The lowest BCUT2D eigenvalue weighted by molar-refractivity contribution is -0.949. The highest BCUT2D eigenvalue weighted by Gasteiger charge is 2.47. The minimum atomic E-state index is -0.209.